The molecule has 140 valence electrons. The van der Waals surface area contributed by atoms with Gasteiger partial charge in [0.1, 0.15) is 11.7 Å². The molecule has 0 heterocycles. The van der Waals surface area contributed by atoms with Gasteiger partial charge in [0.25, 0.3) is 11.8 Å². The second-order valence-corrected chi connectivity index (χ2v) is 6.14. The van der Waals surface area contributed by atoms with Crippen molar-refractivity contribution in [3.63, 3.8) is 0 Å². The Hall–Kier alpha value is -3.12. The number of rotatable bonds is 7. The number of hydrogen-bond donors (Lipinski definition) is 3. The molecule has 1 atom stereocenters. The Kier molecular flexibility index (Phi) is 7.14. The normalized spacial score (nSPS) is 12.1. The highest BCUT2D eigenvalue weighted by Crippen LogP contribution is 2.13. The average molecular weight is 387 g/mol. The first kappa shape index (κ1) is 20.2. The smallest absolute Gasteiger partial charge is 0.326 e. The molecule has 3 N–H and O–H groups in total. The summed E-state index contributed by atoms with van der Waals surface area (Å²) in [7, 11) is 0. The van der Waals surface area contributed by atoms with Gasteiger partial charge in [-0.05, 0) is 42.3 Å². The first-order valence-electron chi connectivity index (χ1n) is 8.28. The summed E-state index contributed by atoms with van der Waals surface area (Å²) in [6, 6.07) is 14.0. The fraction of sp³-hybridized carbons (Fsp3) is 0.150. The zero-order valence-corrected chi connectivity index (χ0v) is 15.4. The van der Waals surface area contributed by atoms with Crippen LogP contribution in [0.5, 0.6) is 0 Å². The van der Waals surface area contributed by atoms with E-state index in [2.05, 4.69) is 10.6 Å². The molecule has 0 saturated heterocycles. The van der Waals surface area contributed by atoms with E-state index in [9.17, 15) is 14.4 Å². The third-order valence-electron chi connectivity index (χ3n) is 3.72. The molecule has 2 aromatic carbocycles. The Bertz CT molecular complexity index is 848. The molecule has 0 spiro atoms. The number of amides is 2. The van der Waals surface area contributed by atoms with Gasteiger partial charge in [-0.3, -0.25) is 9.59 Å². The number of hydrogen-bond acceptors (Lipinski definition) is 3. The average Bonchev–Trinajstić information content (AvgIpc) is 2.67. The van der Waals surface area contributed by atoms with E-state index in [-0.39, 0.29) is 12.1 Å². The summed E-state index contributed by atoms with van der Waals surface area (Å²) in [5, 5.41) is 14.6. The molecule has 0 aromatic heterocycles. The van der Waals surface area contributed by atoms with Crippen molar-refractivity contribution in [2.45, 2.75) is 19.4 Å². The van der Waals surface area contributed by atoms with Crippen LogP contribution in [0, 0.1) is 0 Å². The van der Waals surface area contributed by atoms with Gasteiger partial charge in [-0.2, -0.15) is 0 Å². The summed E-state index contributed by atoms with van der Waals surface area (Å²) in [5.74, 6) is -2.32. The predicted molar refractivity (Wildman–Crippen MR) is 103 cm³/mol. The number of nitrogens with one attached hydrogen (secondary N) is 2. The van der Waals surface area contributed by atoms with Crippen molar-refractivity contribution in [1.29, 1.82) is 0 Å². The molecule has 2 amide bonds. The van der Waals surface area contributed by atoms with Crippen molar-refractivity contribution in [3.05, 3.63) is 76.4 Å². The maximum absolute atomic E-state index is 12.6. The van der Waals surface area contributed by atoms with Crippen LogP contribution in [0.4, 0.5) is 0 Å². The van der Waals surface area contributed by atoms with E-state index < -0.39 is 23.8 Å². The molecule has 7 heteroatoms. The molecule has 0 saturated carbocycles. The van der Waals surface area contributed by atoms with Crippen LogP contribution in [0.3, 0.4) is 0 Å². The molecular formula is C20H19ClN2O4. The van der Waals surface area contributed by atoms with Crippen LogP contribution < -0.4 is 10.6 Å². The second-order valence-electron chi connectivity index (χ2n) is 5.70. The van der Waals surface area contributed by atoms with Crippen molar-refractivity contribution in [3.8, 4) is 0 Å². The maximum Gasteiger partial charge on any atom is 0.326 e. The van der Waals surface area contributed by atoms with Gasteiger partial charge in [0.15, 0.2) is 0 Å². The number of carbonyl (C=O) groups is 3. The SMILES string of the molecule is CC[C@H](NC(=O)/C(=C/c1ccc(Cl)cc1)NC(=O)c1ccccc1)C(=O)O. The summed E-state index contributed by atoms with van der Waals surface area (Å²) in [6.07, 6.45) is 1.67. The van der Waals surface area contributed by atoms with E-state index in [4.69, 9.17) is 16.7 Å². The lowest BCUT2D eigenvalue weighted by Crippen LogP contribution is -2.44. The minimum Gasteiger partial charge on any atom is -0.480 e. The zero-order valence-electron chi connectivity index (χ0n) is 14.6. The van der Waals surface area contributed by atoms with Gasteiger partial charge in [0, 0.05) is 10.6 Å². The van der Waals surface area contributed by atoms with Gasteiger partial charge in [0.2, 0.25) is 0 Å². The van der Waals surface area contributed by atoms with Crippen molar-refractivity contribution < 1.29 is 19.5 Å². The van der Waals surface area contributed by atoms with E-state index >= 15 is 0 Å². The van der Waals surface area contributed by atoms with Crippen molar-refractivity contribution in [1.82, 2.24) is 10.6 Å². The van der Waals surface area contributed by atoms with Crippen LogP contribution in [-0.2, 0) is 9.59 Å². The summed E-state index contributed by atoms with van der Waals surface area (Å²) in [5.41, 5.74) is 0.935. The molecule has 0 aliphatic carbocycles. The highest BCUT2D eigenvalue weighted by Gasteiger charge is 2.21. The fourth-order valence-electron chi connectivity index (χ4n) is 2.24. The number of carboxylic acids is 1. The molecule has 0 unspecified atom stereocenters. The lowest BCUT2D eigenvalue weighted by atomic mass is 10.1. The molecule has 27 heavy (non-hydrogen) atoms. The molecule has 6 nitrogen and oxygen atoms in total. The van der Waals surface area contributed by atoms with Gasteiger partial charge in [-0.15, -0.1) is 0 Å². The highest BCUT2D eigenvalue weighted by molar-refractivity contribution is 6.30. The first-order chi connectivity index (χ1) is 12.9. The molecule has 0 fully saturated rings. The number of benzene rings is 2. The largest absolute Gasteiger partial charge is 0.480 e. The van der Waals surface area contributed by atoms with Crippen LogP contribution >= 0.6 is 11.6 Å². The van der Waals surface area contributed by atoms with Crippen molar-refractivity contribution >= 4 is 35.5 Å². The Morgan fingerprint density at radius 3 is 2.26 bits per heavy atom. The molecule has 2 aromatic rings. The predicted octanol–water partition coefficient (Wildman–Crippen LogP) is 3.09. The van der Waals surface area contributed by atoms with Crippen LogP contribution in [0.2, 0.25) is 5.02 Å². The minimum atomic E-state index is -1.15. The Morgan fingerprint density at radius 1 is 1.07 bits per heavy atom. The lowest BCUT2D eigenvalue weighted by molar-refractivity contribution is -0.141. The molecule has 0 bridgehead atoms. The standard InChI is InChI=1S/C20H19ClN2O4/c1-2-16(20(26)27)22-19(25)17(12-13-8-10-15(21)11-9-13)23-18(24)14-6-4-3-5-7-14/h3-12,16H,2H2,1H3,(H,22,25)(H,23,24)(H,26,27)/b17-12-/t16-/m0/s1. The molecule has 0 radical (unpaired) electrons. The minimum absolute atomic E-state index is 0.0640. The van der Waals surface area contributed by atoms with E-state index in [0.717, 1.165) is 0 Å². The second kappa shape index (κ2) is 9.54. The van der Waals surface area contributed by atoms with Gasteiger partial charge < -0.3 is 15.7 Å². The summed E-state index contributed by atoms with van der Waals surface area (Å²) in [4.78, 5) is 36.2. The molecule has 0 aliphatic rings. The van der Waals surface area contributed by atoms with Crippen LogP contribution in [-0.4, -0.2) is 28.9 Å². The fourth-order valence-corrected chi connectivity index (χ4v) is 2.37. The van der Waals surface area contributed by atoms with E-state index in [0.29, 0.717) is 16.1 Å². The van der Waals surface area contributed by atoms with E-state index in [1.54, 1.807) is 61.5 Å². The van der Waals surface area contributed by atoms with Gasteiger partial charge in [-0.1, -0.05) is 48.9 Å². The summed E-state index contributed by atoms with van der Waals surface area (Å²) in [6.45, 7) is 1.64. The van der Waals surface area contributed by atoms with Crippen LogP contribution in [0.1, 0.15) is 29.3 Å². The molecule has 2 rings (SSSR count). The van der Waals surface area contributed by atoms with Crippen LogP contribution in [0.25, 0.3) is 6.08 Å². The lowest BCUT2D eigenvalue weighted by Gasteiger charge is -2.15. The third kappa shape index (κ3) is 5.97. The number of aliphatic carboxylic acids is 1. The highest BCUT2D eigenvalue weighted by atomic mass is 35.5. The van der Waals surface area contributed by atoms with E-state index in [1.165, 1.54) is 6.08 Å². The Balaban J connectivity index is 2.30. The van der Waals surface area contributed by atoms with Gasteiger partial charge in [0.05, 0.1) is 0 Å². The Labute approximate surface area is 161 Å². The van der Waals surface area contributed by atoms with Gasteiger partial charge in [-0.25, -0.2) is 4.79 Å². The van der Waals surface area contributed by atoms with Crippen LogP contribution in [0.15, 0.2) is 60.3 Å². The summed E-state index contributed by atoms with van der Waals surface area (Å²) >= 11 is 5.86. The van der Waals surface area contributed by atoms with E-state index in [1.807, 2.05) is 0 Å². The zero-order chi connectivity index (χ0) is 19.8. The number of carbonyl (C=O) groups excluding carboxylic acids is 2. The topological polar surface area (TPSA) is 95.5 Å². The number of halogens is 1. The van der Waals surface area contributed by atoms with Crippen molar-refractivity contribution in [2.75, 3.05) is 0 Å². The van der Waals surface area contributed by atoms with Gasteiger partial charge >= 0.3 is 5.97 Å². The first-order valence-corrected chi connectivity index (χ1v) is 8.66. The molecule has 0 aliphatic heterocycles. The number of carboxylic acid groups (broad SMARTS) is 1. The maximum atomic E-state index is 12.6. The third-order valence-corrected chi connectivity index (χ3v) is 3.97. The van der Waals surface area contributed by atoms with Crippen molar-refractivity contribution in [2.24, 2.45) is 0 Å². The summed E-state index contributed by atoms with van der Waals surface area (Å²) < 4.78 is 0. The monoisotopic (exact) mass is 386 g/mol. The molecular weight excluding hydrogens is 368 g/mol. The quantitative estimate of drug-likeness (QED) is 0.637. The Morgan fingerprint density at radius 2 is 1.70 bits per heavy atom.